The number of aromatic nitrogens is 4. The number of hydrogen-bond donors (Lipinski definition) is 1. The summed E-state index contributed by atoms with van der Waals surface area (Å²) in [5.74, 6) is 0.297. The Morgan fingerprint density at radius 3 is 2.12 bits per heavy atom. The zero-order valence-electron chi connectivity index (χ0n) is 13.8. The van der Waals surface area contributed by atoms with Gasteiger partial charge in [0.25, 0.3) is 5.89 Å². The van der Waals surface area contributed by atoms with Crippen molar-refractivity contribution in [2.45, 2.75) is 13.8 Å². The molecular formula is C18H16FN5O. The molecule has 0 spiro atoms. The zero-order valence-corrected chi connectivity index (χ0v) is 13.8. The topological polar surface area (TPSA) is 90.7 Å². The molecule has 6 nitrogen and oxygen atoms in total. The first-order valence-corrected chi connectivity index (χ1v) is 7.83. The number of nitrogens with zero attached hydrogens (tertiary/aromatic N) is 4. The summed E-state index contributed by atoms with van der Waals surface area (Å²) in [7, 11) is 0. The standard InChI is InChI=1S/C16H10FN5O.C2H6/c17-10-7-5-9(6-8-10)15-21-22-16(23-15)13-14(18)20-12-4-2-1-3-11(12)19-13;1-2/h1-8H,(H2,18,20);1-2H3. The van der Waals surface area contributed by atoms with Gasteiger partial charge in [0.2, 0.25) is 5.89 Å². The van der Waals surface area contributed by atoms with Crippen LogP contribution in [-0.4, -0.2) is 20.2 Å². The molecule has 2 heterocycles. The molecule has 25 heavy (non-hydrogen) atoms. The molecule has 0 aliphatic carbocycles. The Labute approximate surface area is 143 Å². The minimum absolute atomic E-state index is 0.167. The van der Waals surface area contributed by atoms with Crippen LogP contribution < -0.4 is 5.73 Å². The van der Waals surface area contributed by atoms with Crippen molar-refractivity contribution >= 4 is 16.9 Å². The lowest BCUT2D eigenvalue weighted by atomic mass is 10.2. The van der Waals surface area contributed by atoms with Crippen LogP contribution in [0.5, 0.6) is 0 Å². The van der Waals surface area contributed by atoms with Crippen molar-refractivity contribution in [3.8, 4) is 23.0 Å². The van der Waals surface area contributed by atoms with E-state index in [1.807, 2.05) is 38.1 Å². The second-order valence-corrected chi connectivity index (χ2v) is 4.87. The third-order valence-electron chi connectivity index (χ3n) is 3.32. The summed E-state index contributed by atoms with van der Waals surface area (Å²) in [5.41, 5.74) is 8.23. The number of rotatable bonds is 2. The summed E-state index contributed by atoms with van der Waals surface area (Å²) in [4.78, 5) is 8.71. The molecule has 0 saturated carbocycles. The van der Waals surface area contributed by atoms with E-state index in [0.29, 0.717) is 22.3 Å². The minimum Gasteiger partial charge on any atom is -0.414 e. The van der Waals surface area contributed by atoms with Crippen molar-refractivity contribution < 1.29 is 8.81 Å². The van der Waals surface area contributed by atoms with E-state index in [1.165, 1.54) is 12.1 Å². The molecule has 0 fully saturated rings. The van der Waals surface area contributed by atoms with E-state index in [9.17, 15) is 4.39 Å². The number of halogens is 1. The first kappa shape index (κ1) is 16.5. The zero-order chi connectivity index (χ0) is 17.8. The van der Waals surface area contributed by atoms with E-state index in [4.69, 9.17) is 10.2 Å². The van der Waals surface area contributed by atoms with E-state index in [2.05, 4.69) is 20.2 Å². The fourth-order valence-electron chi connectivity index (χ4n) is 2.20. The van der Waals surface area contributed by atoms with Gasteiger partial charge in [-0.25, -0.2) is 14.4 Å². The van der Waals surface area contributed by atoms with Gasteiger partial charge >= 0.3 is 0 Å². The van der Waals surface area contributed by atoms with Gasteiger partial charge in [0, 0.05) is 5.56 Å². The number of anilines is 1. The molecule has 0 amide bonds. The molecule has 7 heteroatoms. The number of hydrogen-bond acceptors (Lipinski definition) is 6. The average molecular weight is 337 g/mol. The molecule has 2 aromatic heterocycles. The highest BCUT2D eigenvalue weighted by Gasteiger charge is 2.16. The molecule has 0 aliphatic heterocycles. The molecule has 4 rings (SSSR count). The molecule has 2 aromatic carbocycles. The maximum Gasteiger partial charge on any atom is 0.270 e. The predicted molar refractivity (Wildman–Crippen MR) is 94.0 cm³/mol. The van der Waals surface area contributed by atoms with Crippen LogP contribution in [-0.2, 0) is 0 Å². The Hall–Kier alpha value is -3.35. The van der Waals surface area contributed by atoms with Crippen LogP contribution in [0.15, 0.2) is 52.9 Å². The smallest absolute Gasteiger partial charge is 0.270 e. The van der Waals surface area contributed by atoms with Crippen molar-refractivity contribution in [1.29, 1.82) is 0 Å². The number of nitrogen functional groups attached to an aromatic ring is 1. The van der Waals surface area contributed by atoms with Gasteiger partial charge in [-0.05, 0) is 36.4 Å². The molecule has 0 unspecified atom stereocenters. The van der Waals surface area contributed by atoms with Gasteiger partial charge in [-0.2, -0.15) is 0 Å². The lowest BCUT2D eigenvalue weighted by Crippen LogP contribution is -1.98. The lowest BCUT2D eigenvalue weighted by Gasteiger charge is -2.02. The molecule has 0 aliphatic rings. The van der Waals surface area contributed by atoms with E-state index >= 15 is 0 Å². The number of nitrogens with two attached hydrogens (primary N) is 1. The first-order chi connectivity index (χ1) is 12.2. The number of fused-ring (bicyclic) bond motifs is 1. The van der Waals surface area contributed by atoms with E-state index in [-0.39, 0.29) is 23.4 Å². The normalized spacial score (nSPS) is 10.4. The Bertz CT molecular complexity index is 998. The van der Waals surface area contributed by atoms with E-state index < -0.39 is 0 Å². The van der Waals surface area contributed by atoms with Gasteiger partial charge in [-0.15, -0.1) is 10.2 Å². The lowest BCUT2D eigenvalue weighted by molar-refractivity contribution is 0.582. The first-order valence-electron chi connectivity index (χ1n) is 7.83. The molecule has 4 aromatic rings. The quantitative estimate of drug-likeness (QED) is 0.592. The monoisotopic (exact) mass is 337 g/mol. The molecule has 2 N–H and O–H groups in total. The average Bonchev–Trinajstić information content (AvgIpc) is 3.13. The van der Waals surface area contributed by atoms with Gasteiger partial charge in [-0.3, -0.25) is 0 Å². The highest BCUT2D eigenvalue weighted by atomic mass is 19.1. The summed E-state index contributed by atoms with van der Waals surface area (Å²) in [6.45, 7) is 4.00. The van der Waals surface area contributed by atoms with Crippen molar-refractivity contribution in [3.63, 3.8) is 0 Å². The molecule has 0 bridgehead atoms. The van der Waals surface area contributed by atoms with Crippen LogP contribution in [0.2, 0.25) is 0 Å². The van der Waals surface area contributed by atoms with Crippen molar-refractivity contribution in [2.75, 3.05) is 5.73 Å². The summed E-state index contributed by atoms with van der Waals surface area (Å²) < 4.78 is 18.6. The Morgan fingerprint density at radius 2 is 1.44 bits per heavy atom. The fraction of sp³-hybridized carbons (Fsp3) is 0.111. The fourth-order valence-corrected chi connectivity index (χ4v) is 2.20. The predicted octanol–water partition coefficient (Wildman–Crippen LogP) is 4.09. The summed E-state index contributed by atoms with van der Waals surface area (Å²) in [6.07, 6.45) is 0. The molecule has 0 atom stereocenters. The van der Waals surface area contributed by atoms with E-state index in [0.717, 1.165) is 0 Å². The van der Waals surface area contributed by atoms with Gasteiger partial charge < -0.3 is 10.2 Å². The van der Waals surface area contributed by atoms with Crippen LogP contribution in [0.4, 0.5) is 10.2 Å². The molecule has 0 radical (unpaired) electrons. The molecular weight excluding hydrogens is 321 g/mol. The summed E-state index contributed by atoms with van der Waals surface area (Å²) >= 11 is 0. The third-order valence-corrected chi connectivity index (χ3v) is 3.32. The minimum atomic E-state index is -0.335. The Kier molecular flexibility index (Phi) is 4.65. The van der Waals surface area contributed by atoms with Gasteiger partial charge in [0.05, 0.1) is 11.0 Å². The summed E-state index contributed by atoms with van der Waals surface area (Å²) in [5, 5.41) is 7.91. The number of benzene rings is 2. The van der Waals surface area contributed by atoms with Crippen LogP contribution in [0.3, 0.4) is 0 Å². The maximum atomic E-state index is 13.0. The largest absolute Gasteiger partial charge is 0.414 e. The maximum absolute atomic E-state index is 13.0. The Morgan fingerprint density at radius 1 is 0.840 bits per heavy atom. The highest BCUT2D eigenvalue weighted by Crippen LogP contribution is 2.27. The van der Waals surface area contributed by atoms with E-state index in [1.54, 1.807) is 12.1 Å². The van der Waals surface area contributed by atoms with Gasteiger partial charge in [0.1, 0.15) is 5.82 Å². The van der Waals surface area contributed by atoms with Gasteiger partial charge in [-0.1, -0.05) is 26.0 Å². The second-order valence-electron chi connectivity index (χ2n) is 4.87. The second kappa shape index (κ2) is 7.04. The SMILES string of the molecule is CC.Nc1nc2ccccc2nc1-c1nnc(-c2ccc(F)cc2)o1. The van der Waals surface area contributed by atoms with Crippen molar-refractivity contribution in [3.05, 3.63) is 54.3 Å². The van der Waals surface area contributed by atoms with Crippen molar-refractivity contribution in [1.82, 2.24) is 20.2 Å². The van der Waals surface area contributed by atoms with Crippen LogP contribution in [0.25, 0.3) is 34.1 Å². The van der Waals surface area contributed by atoms with Gasteiger partial charge in [0.15, 0.2) is 11.5 Å². The summed E-state index contributed by atoms with van der Waals surface area (Å²) in [6, 6.07) is 13.1. The third kappa shape index (κ3) is 3.30. The van der Waals surface area contributed by atoms with Crippen LogP contribution in [0, 0.1) is 5.82 Å². The highest BCUT2D eigenvalue weighted by molar-refractivity contribution is 5.80. The molecule has 126 valence electrons. The van der Waals surface area contributed by atoms with Crippen LogP contribution >= 0.6 is 0 Å². The van der Waals surface area contributed by atoms with Crippen LogP contribution in [0.1, 0.15) is 13.8 Å². The number of para-hydroxylation sites is 2. The van der Waals surface area contributed by atoms with Crippen molar-refractivity contribution in [2.24, 2.45) is 0 Å². The Balaban J connectivity index is 0.000000880. The molecule has 0 saturated heterocycles.